The summed E-state index contributed by atoms with van der Waals surface area (Å²) in [5.41, 5.74) is 5.38. The topological polar surface area (TPSA) is 151 Å². The van der Waals surface area contributed by atoms with Crippen molar-refractivity contribution >= 4 is 13.7 Å². The van der Waals surface area contributed by atoms with Crippen LogP contribution in [0.5, 0.6) is 0 Å². The molecule has 1 amide bonds. The predicted octanol–water partition coefficient (Wildman–Crippen LogP) is 15.0. The zero-order valence-corrected chi connectivity index (χ0v) is 42.5. The lowest BCUT2D eigenvalue weighted by molar-refractivity contribution is -0.124. The zero-order chi connectivity index (χ0) is 46.9. The third kappa shape index (κ3) is 46.9. The summed E-state index contributed by atoms with van der Waals surface area (Å²) in [7, 11) is -4.42. The molecule has 10 heteroatoms. The smallest absolute Gasteiger partial charge is 0.393 e. The molecule has 0 spiro atoms. The van der Waals surface area contributed by atoms with E-state index in [9.17, 15) is 24.5 Å². The second-order valence-corrected chi connectivity index (χ2v) is 19.7. The van der Waals surface area contributed by atoms with Gasteiger partial charge < -0.3 is 26.2 Å². The number of phosphoric acid groups is 1. The van der Waals surface area contributed by atoms with Crippen LogP contribution < -0.4 is 11.1 Å². The van der Waals surface area contributed by atoms with Crippen LogP contribution in [0, 0.1) is 0 Å². The summed E-state index contributed by atoms with van der Waals surface area (Å²) in [5.74, 6) is -0.463. The van der Waals surface area contributed by atoms with Crippen molar-refractivity contribution in [3.8, 4) is 0 Å². The number of carbonyl (C=O) groups excluding carboxylic acids is 1. The van der Waals surface area contributed by atoms with Crippen LogP contribution in [-0.2, 0) is 18.4 Å². The van der Waals surface area contributed by atoms with E-state index in [-0.39, 0.29) is 19.6 Å². The van der Waals surface area contributed by atoms with Crippen LogP contribution in [0.15, 0.2) is 48.6 Å². The van der Waals surface area contributed by atoms with Crippen molar-refractivity contribution in [2.75, 3.05) is 19.8 Å². The molecule has 6 N–H and O–H groups in total. The van der Waals surface area contributed by atoms with Crippen molar-refractivity contribution in [2.24, 2.45) is 5.73 Å². The van der Waals surface area contributed by atoms with E-state index in [1.54, 1.807) is 6.08 Å². The van der Waals surface area contributed by atoms with Gasteiger partial charge in [0.15, 0.2) is 0 Å². The standard InChI is InChI=1S/C54H103N2O7P/c1-3-5-7-9-11-13-15-17-19-21-23-25-27-29-31-33-35-37-39-41-43-45-51(57)49-54(59)56-52(50-63-64(60,61)62-48-47-55)53(58)46-44-42-40-38-36-34-32-30-28-26-24-22-20-18-16-14-12-10-8-6-4-2/h28-31,36,38,44,46,51-53,57-58H,3-27,32-35,37,39-43,45,47-50,55H2,1-2H3,(H,56,59)(H,60,61)/b30-28+,31-29-,38-36+,46-44+. The molecular formula is C54H103N2O7P. The van der Waals surface area contributed by atoms with Crippen LogP contribution in [0.2, 0.25) is 0 Å². The summed E-state index contributed by atoms with van der Waals surface area (Å²) in [5, 5.41) is 24.2. The highest BCUT2D eigenvalue weighted by molar-refractivity contribution is 7.47. The Hall–Kier alpha value is -1.58. The molecule has 0 aliphatic heterocycles. The molecule has 376 valence electrons. The number of hydrogen-bond donors (Lipinski definition) is 5. The molecule has 64 heavy (non-hydrogen) atoms. The zero-order valence-electron chi connectivity index (χ0n) is 41.6. The predicted molar refractivity (Wildman–Crippen MR) is 273 cm³/mol. The maximum atomic E-state index is 12.9. The van der Waals surface area contributed by atoms with E-state index in [0.717, 1.165) is 57.8 Å². The third-order valence-electron chi connectivity index (χ3n) is 11.9. The number of allylic oxidation sites excluding steroid dienone is 7. The molecule has 0 aliphatic carbocycles. The number of aliphatic hydroxyl groups excluding tert-OH is 2. The first-order valence-corrected chi connectivity index (χ1v) is 28.3. The van der Waals surface area contributed by atoms with Crippen LogP contribution in [0.1, 0.15) is 251 Å². The van der Waals surface area contributed by atoms with E-state index in [2.05, 4.69) is 55.6 Å². The van der Waals surface area contributed by atoms with Gasteiger partial charge in [-0.3, -0.25) is 13.8 Å². The van der Waals surface area contributed by atoms with Gasteiger partial charge in [0.2, 0.25) is 5.91 Å². The van der Waals surface area contributed by atoms with Crippen molar-refractivity contribution in [3.63, 3.8) is 0 Å². The van der Waals surface area contributed by atoms with Crippen molar-refractivity contribution in [3.05, 3.63) is 48.6 Å². The fourth-order valence-electron chi connectivity index (χ4n) is 7.85. The van der Waals surface area contributed by atoms with Gasteiger partial charge in [0.25, 0.3) is 0 Å². The van der Waals surface area contributed by atoms with E-state index >= 15 is 0 Å². The highest BCUT2D eigenvalue weighted by Gasteiger charge is 2.27. The molecule has 0 aromatic carbocycles. The van der Waals surface area contributed by atoms with Gasteiger partial charge in [-0.25, -0.2) is 4.57 Å². The number of amides is 1. The molecule has 0 saturated carbocycles. The van der Waals surface area contributed by atoms with Crippen LogP contribution >= 0.6 is 7.82 Å². The Bertz CT molecular complexity index is 1160. The monoisotopic (exact) mass is 923 g/mol. The average Bonchev–Trinajstić information content (AvgIpc) is 3.28. The molecule has 4 atom stereocenters. The van der Waals surface area contributed by atoms with Gasteiger partial charge in [-0.2, -0.15) is 0 Å². The van der Waals surface area contributed by atoms with E-state index in [0.29, 0.717) is 12.8 Å². The van der Waals surface area contributed by atoms with Gasteiger partial charge in [0, 0.05) is 6.54 Å². The highest BCUT2D eigenvalue weighted by atomic mass is 31.2. The first-order chi connectivity index (χ1) is 31.3. The Morgan fingerprint density at radius 1 is 0.531 bits per heavy atom. The Balaban J connectivity index is 4.25. The van der Waals surface area contributed by atoms with Gasteiger partial charge in [0.1, 0.15) is 0 Å². The minimum Gasteiger partial charge on any atom is -0.393 e. The molecule has 0 rings (SSSR count). The number of hydrogen-bond acceptors (Lipinski definition) is 7. The maximum Gasteiger partial charge on any atom is 0.472 e. The fourth-order valence-corrected chi connectivity index (χ4v) is 8.61. The molecule has 0 saturated heterocycles. The molecule has 0 aromatic rings. The van der Waals surface area contributed by atoms with Crippen molar-refractivity contribution in [1.82, 2.24) is 5.32 Å². The number of nitrogens with one attached hydrogen (secondary N) is 1. The number of nitrogens with two attached hydrogens (primary N) is 1. The molecule has 9 nitrogen and oxygen atoms in total. The van der Waals surface area contributed by atoms with Crippen LogP contribution in [0.25, 0.3) is 0 Å². The number of phosphoric ester groups is 1. The minimum absolute atomic E-state index is 0.0405. The Kier molecular flexibility index (Phi) is 48.1. The summed E-state index contributed by atoms with van der Waals surface area (Å²) in [6, 6.07) is -1.01. The molecule has 4 unspecified atom stereocenters. The summed E-state index contributed by atoms with van der Waals surface area (Å²) in [4.78, 5) is 22.9. The lowest BCUT2D eigenvalue weighted by Gasteiger charge is -2.24. The normalized spacial score (nSPS) is 14.7. The van der Waals surface area contributed by atoms with Gasteiger partial charge in [-0.1, -0.05) is 223 Å². The van der Waals surface area contributed by atoms with Crippen molar-refractivity contribution in [1.29, 1.82) is 0 Å². The Morgan fingerprint density at radius 3 is 1.30 bits per heavy atom. The summed E-state index contributed by atoms with van der Waals surface area (Å²) in [6.45, 7) is 3.97. The van der Waals surface area contributed by atoms with Crippen molar-refractivity contribution in [2.45, 2.75) is 270 Å². The van der Waals surface area contributed by atoms with Crippen LogP contribution in [0.4, 0.5) is 0 Å². The molecule has 0 aliphatic rings. The van der Waals surface area contributed by atoms with E-state index in [1.807, 2.05) is 6.08 Å². The second-order valence-electron chi connectivity index (χ2n) is 18.3. The Morgan fingerprint density at radius 2 is 0.891 bits per heavy atom. The third-order valence-corrected chi connectivity index (χ3v) is 12.9. The minimum atomic E-state index is -4.42. The molecule has 0 aromatic heterocycles. The molecular weight excluding hydrogens is 820 g/mol. The SMILES string of the molecule is CCCCCCCCCCCCC/C=C/CC/C=C/CC/C=C/C(O)C(COP(=O)(O)OCCN)NC(=O)CC(O)CCCCCCC/C=C\CCCCCCCCCCCCCC. The van der Waals surface area contributed by atoms with Crippen molar-refractivity contribution < 1.29 is 33.5 Å². The number of carbonyl (C=O) groups is 1. The first kappa shape index (κ1) is 62.4. The second kappa shape index (κ2) is 49.3. The quantitative estimate of drug-likeness (QED) is 0.0230. The number of aliphatic hydroxyl groups is 2. The number of unbranched alkanes of at least 4 members (excludes halogenated alkanes) is 30. The molecule has 0 bridgehead atoms. The average molecular weight is 923 g/mol. The molecule has 0 radical (unpaired) electrons. The lowest BCUT2D eigenvalue weighted by Crippen LogP contribution is -2.46. The summed E-state index contributed by atoms with van der Waals surface area (Å²) >= 11 is 0. The van der Waals surface area contributed by atoms with E-state index < -0.39 is 38.6 Å². The van der Waals surface area contributed by atoms with Gasteiger partial charge in [0.05, 0.1) is 37.9 Å². The largest absolute Gasteiger partial charge is 0.472 e. The maximum absolute atomic E-state index is 12.9. The first-order valence-electron chi connectivity index (χ1n) is 26.8. The van der Waals surface area contributed by atoms with E-state index in [4.69, 9.17) is 14.8 Å². The Labute approximate surface area is 395 Å². The van der Waals surface area contributed by atoms with Gasteiger partial charge in [-0.15, -0.1) is 0 Å². The van der Waals surface area contributed by atoms with Gasteiger partial charge >= 0.3 is 7.82 Å². The fraction of sp³-hybridized carbons (Fsp3) is 0.833. The molecule has 0 heterocycles. The van der Waals surface area contributed by atoms with Crippen LogP contribution in [-0.4, -0.2) is 59.0 Å². The van der Waals surface area contributed by atoms with Gasteiger partial charge in [-0.05, 0) is 70.6 Å². The molecule has 0 fully saturated rings. The highest BCUT2D eigenvalue weighted by Crippen LogP contribution is 2.43. The summed E-state index contributed by atoms with van der Waals surface area (Å²) in [6.07, 6.45) is 59.3. The van der Waals surface area contributed by atoms with Crippen LogP contribution in [0.3, 0.4) is 0 Å². The summed E-state index contributed by atoms with van der Waals surface area (Å²) < 4.78 is 22.2. The number of rotatable bonds is 50. The lowest BCUT2D eigenvalue weighted by atomic mass is 10.0. The van der Waals surface area contributed by atoms with E-state index in [1.165, 1.54) is 161 Å².